The molecule has 4 aliphatic carbocycles. The summed E-state index contributed by atoms with van der Waals surface area (Å²) in [4.78, 5) is 5.41. The lowest BCUT2D eigenvalue weighted by molar-refractivity contribution is 0.613. The zero-order valence-electron chi connectivity index (χ0n) is 34.3. The first kappa shape index (κ1) is 36.3. The number of nitrogens with zero attached hydrogens (tertiary/aromatic N) is 1. The standard InChI is InChI=1S/C57H49NS/c1-5-18-47-42(6-2)44-31-29-40(35-50(44)56(47,3)4)58(53-26-15-12-23-43(53)37-19-8-7-9-20-37)41-30-32-45-46-33-38-21-10-11-22-39(38)34-51(46)57(52(45)36-41)48-24-13-16-27-54(48)59-55-28-17-14-25-49(55)57/h5-11,13,16-22,24,26-36,43H,1,12,14-15,23,25H2,2-4H3/b42-6-,47-18+. The second-order valence-corrected chi connectivity index (χ2v) is 18.4. The monoisotopic (exact) mass is 779 g/mol. The van der Waals surface area contributed by atoms with Crippen LogP contribution in [0.5, 0.6) is 0 Å². The fourth-order valence-electron chi connectivity index (χ4n) is 11.4. The van der Waals surface area contributed by atoms with Crippen molar-refractivity contribution in [2.75, 3.05) is 4.90 Å². The number of allylic oxidation sites excluding steroid dienone is 10. The van der Waals surface area contributed by atoms with E-state index in [-0.39, 0.29) is 11.3 Å². The lowest BCUT2D eigenvalue weighted by Gasteiger charge is -2.43. The number of anilines is 2. The van der Waals surface area contributed by atoms with Crippen LogP contribution in [0.25, 0.3) is 27.5 Å². The van der Waals surface area contributed by atoms with Crippen molar-refractivity contribution in [3.8, 4) is 11.1 Å². The smallest absolute Gasteiger partial charge is 0.0699 e. The van der Waals surface area contributed by atoms with Crippen LogP contribution in [0.1, 0.15) is 92.2 Å². The van der Waals surface area contributed by atoms with E-state index >= 15 is 0 Å². The average molecular weight is 780 g/mol. The summed E-state index contributed by atoms with van der Waals surface area (Å²) in [7, 11) is 0. The molecule has 1 heterocycles. The maximum absolute atomic E-state index is 4.11. The SMILES string of the molecule is C=C/C=C1\C(=C/C)c2ccc(N(C3=CCCCC3c3ccccc3)c3ccc4c(c3)C3(C5=C(C=CCC5)Sc5ccccc53)c3cc5ccccc5cc3-4)cc2C1(C)C. The molecule has 0 bridgehead atoms. The number of rotatable bonds is 5. The molecule has 6 aromatic carbocycles. The fourth-order valence-corrected chi connectivity index (χ4v) is 12.6. The first-order valence-electron chi connectivity index (χ1n) is 21.5. The van der Waals surface area contributed by atoms with Crippen molar-refractivity contribution in [1.29, 1.82) is 0 Å². The Morgan fingerprint density at radius 1 is 0.712 bits per heavy atom. The molecule has 1 nitrogen and oxygen atoms in total. The van der Waals surface area contributed by atoms with Gasteiger partial charge >= 0.3 is 0 Å². The Labute approximate surface area is 353 Å². The second kappa shape index (κ2) is 13.9. The minimum absolute atomic E-state index is 0.167. The quantitative estimate of drug-likeness (QED) is 0.171. The van der Waals surface area contributed by atoms with Crippen LogP contribution in [-0.2, 0) is 10.8 Å². The summed E-state index contributed by atoms with van der Waals surface area (Å²) in [5.74, 6) is 0.280. The largest absolute Gasteiger partial charge is 0.314 e. The molecule has 1 aliphatic heterocycles. The van der Waals surface area contributed by atoms with Gasteiger partial charge in [-0.2, -0.15) is 0 Å². The van der Waals surface area contributed by atoms with Gasteiger partial charge in [0.1, 0.15) is 0 Å². The molecule has 0 fully saturated rings. The molecule has 11 rings (SSSR count). The van der Waals surface area contributed by atoms with Gasteiger partial charge in [-0.3, -0.25) is 0 Å². The molecule has 1 spiro atoms. The van der Waals surface area contributed by atoms with Gasteiger partial charge in [0, 0.05) is 38.2 Å². The van der Waals surface area contributed by atoms with Crippen molar-refractivity contribution in [2.24, 2.45) is 0 Å². The van der Waals surface area contributed by atoms with Gasteiger partial charge in [-0.25, -0.2) is 0 Å². The molecule has 59 heavy (non-hydrogen) atoms. The molecule has 2 unspecified atom stereocenters. The predicted molar refractivity (Wildman–Crippen MR) is 252 cm³/mol. The van der Waals surface area contributed by atoms with Gasteiger partial charge in [-0.05, 0) is 153 Å². The van der Waals surface area contributed by atoms with Gasteiger partial charge in [0.2, 0.25) is 0 Å². The van der Waals surface area contributed by atoms with E-state index in [0.717, 1.165) is 25.7 Å². The molecule has 6 aromatic rings. The minimum Gasteiger partial charge on any atom is -0.314 e. The number of fused-ring (bicyclic) bond motifs is 10. The van der Waals surface area contributed by atoms with Crippen molar-refractivity contribution >= 4 is 39.5 Å². The topological polar surface area (TPSA) is 3.24 Å². The molecule has 5 aliphatic rings. The molecule has 288 valence electrons. The van der Waals surface area contributed by atoms with Crippen LogP contribution in [0.3, 0.4) is 0 Å². The van der Waals surface area contributed by atoms with Crippen LogP contribution >= 0.6 is 11.8 Å². The maximum Gasteiger partial charge on any atom is 0.0699 e. The lowest BCUT2D eigenvalue weighted by atomic mass is 9.65. The van der Waals surface area contributed by atoms with Crippen LogP contribution in [0.2, 0.25) is 0 Å². The second-order valence-electron chi connectivity index (χ2n) is 17.3. The summed E-state index contributed by atoms with van der Waals surface area (Å²) in [6.07, 6.45) is 19.3. The first-order valence-corrected chi connectivity index (χ1v) is 22.3. The number of hydrogen-bond donors (Lipinski definition) is 0. The summed E-state index contributed by atoms with van der Waals surface area (Å²) in [6, 6.07) is 49.2. The Bertz CT molecular complexity index is 2900. The van der Waals surface area contributed by atoms with Gasteiger partial charge in [-0.1, -0.05) is 154 Å². The molecule has 2 atom stereocenters. The third-order valence-electron chi connectivity index (χ3n) is 14.0. The highest BCUT2D eigenvalue weighted by Crippen LogP contribution is 2.64. The Balaban J connectivity index is 1.20. The highest BCUT2D eigenvalue weighted by molar-refractivity contribution is 8.03. The normalized spacial score (nSPS) is 22.2. The molecule has 2 heteroatoms. The summed E-state index contributed by atoms with van der Waals surface area (Å²) in [5.41, 5.74) is 18.5. The molecule has 0 aromatic heterocycles. The molecule has 0 N–H and O–H groups in total. The maximum atomic E-state index is 4.11. The Kier molecular flexibility index (Phi) is 8.54. The van der Waals surface area contributed by atoms with Crippen molar-refractivity contribution < 1.29 is 0 Å². The van der Waals surface area contributed by atoms with Gasteiger partial charge in [0.15, 0.2) is 0 Å². The van der Waals surface area contributed by atoms with E-state index in [2.05, 4.69) is 190 Å². The Hall–Kier alpha value is -5.83. The van der Waals surface area contributed by atoms with Crippen molar-refractivity contribution in [3.05, 3.63) is 226 Å². The zero-order valence-corrected chi connectivity index (χ0v) is 35.1. The molecule has 0 amide bonds. The van der Waals surface area contributed by atoms with Crippen molar-refractivity contribution in [1.82, 2.24) is 0 Å². The van der Waals surface area contributed by atoms with E-state index in [1.165, 1.54) is 99.7 Å². The number of hydrogen-bond acceptors (Lipinski definition) is 2. The van der Waals surface area contributed by atoms with Gasteiger partial charge < -0.3 is 4.90 Å². The Morgan fingerprint density at radius 2 is 1.42 bits per heavy atom. The fraction of sp³-hybridized carbons (Fsp3) is 0.193. The molecule has 0 radical (unpaired) electrons. The zero-order chi connectivity index (χ0) is 39.9. The van der Waals surface area contributed by atoms with E-state index in [1.807, 2.05) is 17.8 Å². The molecule has 0 saturated heterocycles. The van der Waals surface area contributed by atoms with E-state index in [4.69, 9.17) is 0 Å². The van der Waals surface area contributed by atoms with E-state index < -0.39 is 5.41 Å². The average Bonchev–Trinajstić information content (AvgIpc) is 3.67. The van der Waals surface area contributed by atoms with Crippen molar-refractivity contribution in [2.45, 2.75) is 74.5 Å². The summed E-state index contributed by atoms with van der Waals surface area (Å²) < 4.78 is 0. The third kappa shape index (κ3) is 5.32. The van der Waals surface area contributed by atoms with E-state index in [1.54, 1.807) is 5.57 Å². The highest BCUT2D eigenvalue weighted by atomic mass is 32.2. The highest BCUT2D eigenvalue weighted by Gasteiger charge is 2.52. The van der Waals surface area contributed by atoms with Crippen LogP contribution < -0.4 is 4.90 Å². The summed E-state index contributed by atoms with van der Waals surface area (Å²) >= 11 is 1.96. The van der Waals surface area contributed by atoms with Gasteiger partial charge in [0.25, 0.3) is 0 Å². The molecular weight excluding hydrogens is 731 g/mol. The third-order valence-corrected chi connectivity index (χ3v) is 15.1. The first-order chi connectivity index (χ1) is 28.9. The lowest BCUT2D eigenvalue weighted by Crippen LogP contribution is -2.34. The van der Waals surface area contributed by atoms with E-state index in [0.29, 0.717) is 0 Å². The Morgan fingerprint density at radius 3 is 2.22 bits per heavy atom. The van der Waals surface area contributed by atoms with Gasteiger partial charge in [-0.15, -0.1) is 0 Å². The molecular formula is C57H49NS. The van der Waals surface area contributed by atoms with Crippen LogP contribution in [0, 0.1) is 0 Å². The summed E-state index contributed by atoms with van der Waals surface area (Å²) in [6.45, 7) is 11.0. The van der Waals surface area contributed by atoms with E-state index in [9.17, 15) is 0 Å². The predicted octanol–water partition coefficient (Wildman–Crippen LogP) is 15.7. The van der Waals surface area contributed by atoms with Crippen LogP contribution in [0.4, 0.5) is 11.4 Å². The van der Waals surface area contributed by atoms with Crippen LogP contribution in [-0.4, -0.2) is 0 Å². The van der Waals surface area contributed by atoms with Crippen molar-refractivity contribution in [3.63, 3.8) is 0 Å². The summed E-state index contributed by atoms with van der Waals surface area (Å²) in [5, 5.41) is 2.59. The minimum atomic E-state index is -0.400. The number of thioether (sulfide) groups is 1. The molecule has 0 saturated carbocycles. The van der Waals surface area contributed by atoms with Crippen LogP contribution in [0.15, 0.2) is 197 Å². The number of benzene rings is 6. The van der Waals surface area contributed by atoms with Gasteiger partial charge in [0.05, 0.1) is 5.41 Å².